The number of carbonyl (C=O) groups is 1. The van der Waals surface area contributed by atoms with Crippen molar-refractivity contribution in [2.45, 2.75) is 13.2 Å². The van der Waals surface area contributed by atoms with E-state index in [1.165, 1.54) is 11.3 Å². The largest absolute Gasteiger partial charge is 0.445 e. The van der Waals surface area contributed by atoms with Crippen LogP contribution in [-0.2, 0) is 17.9 Å². The molecule has 0 unspecified atom stereocenters. The Morgan fingerprint density at radius 1 is 1.39 bits per heavy atom. The molecule has 1 N–H and O–H groups in total. The Kier molecular flexibility index (Phi) is 4.72. The summed E-state index contributed by atoms with van der Waals surface area (Å²) in [6.07, 6.45) is -0.442. The first kappa shape index (κ1) is 13.0. The number of rotatable bonds is 4. The Labute approximate surface area is 117 Å². The topological polar surface area (TPSA) is 51.2 Å². The van der Waals surface area contributed by atoms with E-state index in [1.54, 1.807) is 0 Å². The van der Waals surface area contributed by atoms with E-state index in [2.05, 4.69) is 26.2 Å². The predicted molar refractivity (Wildman–Crippen MR) is 73.3 cm³/mol. The highest BCUT2D eigenvalue weighted by atomic mass is 79.9. The minimum atomic E-state index is -0.442. The third-order valence-electron chi connectivity index (χ3n) is 2.15. The van der Waals surface area contributed by atoms with E-state index < -0.39 is 6.09 Å². The smallest absolute Gasteiger partial charge is 0.407 e. The minimum Gasteiger partial charge on any atom is -0.445 e. The molecule has 0 bridgehead atoms. The van der Waals surface area contributed by atoms with Crippen molar-refractivity contribution in [3.8, 4) is 0 Å². The number of aromatic nitrogens is 1. The third kappa shape index (κ3) is 4.12. The molecule has 0 aliphatic carbocycles. The molecule has 2 rings (SSSR count). The Balaban J connectivity index is 1.73. The first-order valence-electron chi connectivity index (χ1n) is 5.28. The van der Waals surface area contributed by atoms with Gasteiger partial charge in [-0.2, -0.15) is 0 Å². The quantitative estimate of drug-likeness (QED) is 0.937. The molecule has 1 heterocycles. The molecule has 0 saturated carbocycles. The average molecular weight is 327 g/mol. The molecule has 0 aliphatic heterocycles. The number of halogens is 1. The van der Waals surface area contributed by atoms with E-state index in [-0.39, 0.29) is 6.61 Å². The first-order valence-corrected chi connectivity index (χ1v) is 6.96. The lowest BCUT2D eigenvalue weighted by atomic mass is 10.2. The van der Waals surface area contributed by atoms with Crippen LogP contribution in [0.1, 0.15) is 11.3 Å². The fraction of sp³-hybridized carbons (Fsp3) is 0.167. The van der Waals surface area contributed by atoms with Gasteiger partial charge in [0.25, 0.3) is 0 Å². The number of nitrogens with zero attached hydrogens (tertiary/aromatic N) is 1. The monoisotopic (exact) mass is 326 g/mol. The predicted octanol–water partition coefficient (Wildman–Crippen LogP) is 3.33. The molecule has 1 aromatic carbocycles. The van der Waals surface area contributed by atoms with Crippen LogP contribution in [-0.4, -0.2) is 11.1 Å². The van der Waals surface area contributed by atoms with Crippen LogP contribution in [0.3, 0.4) is 0 Å². The SMILES string of the molecule is O=C(NCc1csc(Br)n1)OCc1ccccc1. The molecule has 0 fully saturated rings. The van der Waals surface area contributed by atoms with Crippen LogP contribution in [0.15, 0.2) is 39.6 Å². The Morgan fingerprint density at radius 2 is 2.17 bits per heavy atom. The van der Waals surface area contributed by atoms with E-state index in [4.69, 9.17) is 4.74 Å². The number of ether oxygens (including phenoxy) is 1. The number of amides is 1. The maximum Gasteiger partial charge on any atom is 0.407 e. The molecule has 1 amide bonds. The Morgan fingerprint density at radius 3 is 2.83 bits per heavy atom. The van der Waals surface area contributed by atoms with Gasteiger partial charge in [0.1, 0.15) is 6.61 Å². The van der Waals surface area contributed by atoms with Crippen LogP contribution in [0.2, 0.25) is 0 Å². The van der Waals surface area contributed by atoms with Gasteiger partial charge in [0, 0.05) is 5.38 Å². The summed E-state index contributed by atoms with van der Waals surface area (Å²) in [4.78, 5) is 15.6. The fourth-order valence-electron chi connectivity index (χ4n) is 1.30. The van der Waals surface area contributed by atoms with E-state index >= 15 is 0 Å². The summed E-state index contributed by atoms with van der Waals surface area (Å²) < 4.78 is 5.87. The van der Waals surface area contributed by atoms with Gasteiger partial charge in [-0.3, -0.25) is 0 Å². The molecule has 2 aromatic rings. The summed E-state index contributed by atoms with van der Waals surface area (Å²) in [7, 11) is 0. The lowest BCUT2D eigenvalue weighted by Crippen LogP contribution is -2.23. The van der Waals surface area contributed by atoms with Crippen molar-refractivity contribution in [1.82, 2.24) is 10.3 Å². The zero-order valence-electron chi connectivity index (χ0n) is 9.43. The highest BCUT2D eigenvalue weighted by molar-refractivity contribution is 9.11. The minimum absolute atomic E-state index is 0.271. The summed E-state index contributed by atoms with van der Waals surface area (Å²) in [5.41, 5.74) is 1.77. The van der Waals surface area contributed by atoms with Gasteiger partial charge in [-0.25, -0.2) is 9.78 Å². The second-order valence-electron chi connectivity index (χ2n) is 3.51. The molecule has 6 heteroatoms. The van der Waals surface area contributed by atoms with Crippen LogP contribution < -0.4 is 5.32 Å². The highest BCUT2D eigenvalue weighted by Crippen LogP contribution is 2.15. The van der Waals surface area contributed by atoms with Crippen molar-refractivity contribution in [2.75, 3.05) is 0 Å². The maximum absolute atomic E-state index is 11.4. The van der Waals surface area contributed by atoms with Crippen molar-refractivity contribution < 1.29 is 9.53 Å². The summed E-state index contributed by atoms with van der Waals surface area (Å²) in [5.74, 6) is 0. The van der Waals surface area contributed by atoms with E-state index in [9.17, 15) is 4.79 Å². The number of hydrogen-bond donors (Lipinski definition) is 1. The molecule has 0 radical (unpaired) electrons. The summed E-state index contributed by atoms with van der Waals surface area (Å²) in [6.45, 7) is 0.642. The second-order valence-corrected chi connectivity index (χ2v) is 5.64. The number of thiazole rings is 1. The average Bonchev–Trinajstić information content (AvgIpc) is 2.81. The van der Waals surface area contributed by atoms with Crippen LogP contribution >= 0.6 is 27.3 Å². The van der Waals surface area contributed by atoms with Crippen molar-refractivity contribution in [3.05, 3.63) is 50.9 Å². The van der Waals surface area contributed by atoms with Gasteiger partial charge in [-0.1, -0.05) is 30.3 Å². The van der Waals surface area contributed by atoms with Crippen molar-refractivity contribution >= 4 is 33.4 Å². The highest BCUT2D eigenvalue weighted by Gasteiger charge is 2.04. The van der Waals surface area contributed by atoms with Crippen molar-refractivity contribution in [3.63, 3.8) is 0 Å². The summed E-state index contributed by atoms with van der Waals surface area (Å²) in [5, 5.41) is 4.52. The van der Waals surface area contributed by atoms with E-state index in [1.807, 2.05) is 35.7 Å². The Hall–Kier alpha value is -1.40. The number of nitrogens with one attached hydrogen (secondary N) is 1. The number of hydrogen-bond acceptors (Lipinski definition) is 4. The molecule has 4 nitrogen and oxygen atoms in total. The van der Waals surface area contributed by atoms with Gasteiger partial charge in [-0.15, -0.1) is 11.3 Å². The Bertz CT molecular complexity index is 516. The zero-order chi connectivity index (χ0) is 12.8. The fourth-order valence-corrected chi connectivity index (χ4v) is 2.35. The molecule has 0 atom stereocenters. The lowest BCUT2D eigenvalue weighted by Gasteiger charge is -2.05. The molecular formula is C12H11BrN2O2S. The van der Waals surface area contributed by atoms with Crippen LogP contribution in [0.4, 0.5) is 4.79 Å². The molecular weight excluding hydrogens is 316 g/mol. The van der Waals surface area contributed by atoms with Crippen LogP contribution in [0.5, 0.6) is 0 Å². The van der Waals surface area contributed by atoms with Crippen molar-refractivity contribution in [1.29, 1.82) is 0 Å². The molecule has 0 spiro atoms. The van der Waals surface area contributed by atoms with Gasteiger partial charge in [-0.05, 0) is 21.5 Å². The zero-order valence-corrected chi connectivity index (χ0v) is 11.8. The van der Waals surface area contributed by atoms with E-state index in [0.717, 1.165) is 15.2 Å². The summed E-state index contributed by atoms with van der Waals surface area (Å²) >= 11 is 4.74. The molecule has 18 heavy (non-hydrogen) atoms. The van der Waals surface area contributed by atoms with Gasteiger partial charge in [0.2, 0.25) is 0 Å². The molecule has 94 valence electrons. The molecule has 0 aliphatic rings. The second kappa shape index (κ2) is 6.51. The molecule has 1 aromatic heterocycles. The van der Waals surface area contributed by atoms with Crippen molar-refractivity contribution in [2.24, 2.45) is 0 Å². The first-order chi connectivity index (χ1) is 8.74. The normalized spacial score (nSPS) is 10.1. The van der Waals surface area contributed by atoms with Gasteiger partial charge < -0.3 is 10.1 Å². The van der Waals surface area contributed by atoms with E-state index in [0.29, 0.717) is 6.54 Å². The number of alkyl carbamates (subject to hydrolysis) is 1. The van der Waals surface area contributed by atoms with Gasteiger partial charge in [0.15, 0.2) is 3.92 Å². The third-order valence-corrected chi connectivity index (χ3v) is 3.56. The number of carbonyl (C=O) groups excluding carboxylic acids is 1. The molecule has 0 saturated heterocycles. The van der Waals surface area contributed by atoms with Crippen LogP contribution in [0.25, 0.3) is 0 Å². The van der Waals surface area contributed by atoms with Crippen LogP contribution in [0, 0.1) is 0 Å². The number of benzene rings is 1. The summed E-state index contributed by atoms with van der Waals surface area (Å²) in [6, 6.07) is 9.55. The van der Waals surface area contributed by atoms with Gasteiger partial charge >= 0.3 is 6.09 Å². The lowest BCUT2D eigenvalue weighted by molar-refractivity contribution is 0.139. The van der Waals surface area contributed by atoms with Gasteiger partial charge in [0.05, 0.1) is 12.2 Å². The standard InChI is InChI=1S/C12H11BrN2O2S/c13-11-15-10(8-18-11)6-14-12(16)17-7-9-4-2-1-3-5-9/h1-5,8H,6-7H2,(H,14,16). The maximum atomic E-state index is 11.4.